The SMILES string of the molecule is COC(C(=O)Cc1cccc(F)c1Br)C1CCCCC1. The highest BCUT2D eigenvalue weighted by Crippen LogP contribution is 2.29. The predicted molar refractivity (Wildman–Crippen MR) is 80.2 cm³/mol. The summed E-state index contributed by atoms with van der Waals surface area (Å²) in [6.07, 6.45) is 5.54. The van der Waals surface area contributed by atoms with E-state index in [2.05, 4.69) is 15.9 Å². The summed E-state index contributed by atoms with van der Waals surface area (Å²) in [6.45, 7) is 0. The van der Waals surface area contributed by atoms with Gasteiger partial charge in [-0.1, -0.05) is 31.4 Å². The molecule has 0 radical (unpaired) electrons. The van der Waals surface area contributed by atoms with Gasteiger partial charge in [-0.05, 0) is 46.3 Å². The van der Waals surface area contributed by atoms with Crippen LogP contribution in [0.2, 0.25) is 0 Å². The number of ether oxygens (including phenoxy) is 1. The number of ketones is 1. The van der Waals surface area contributed by atoms with Crippen molar-refractivity contribution >= 4 is 21.7 Å². The fraction of sp³-hybridized carbons (Fsp3) is 0.562. The Hall–Kier alpha value is -0.740. The van der Waals surface area contributed by atoms with Crippen LogP contribution in [0, 0.1) is 11.7 Å². The number of methoxy groups -OCH3 is 1. The van der Waals surface area contributed by atoms with Gasteiger partial charge in [0.15, 0.2) is 5.78 Å². The zero-order chi connectivity index (χ0) is 14.5. The van der Waals surface area contributed by atoms with Crippen LogP contribution in [0.1, 0.15) is 37.7 Å². The number of hydrogen-bond donors (Lipinski definition) is 0. The summed E-state index contributed by atoms with van der Waals surface area (Å²) in [6, 6.07) is 4.79. The van der Waals surface area contributed by atoms with E-state index < -0.39 is 0 Å². The van der Waals surface area contributed by atoms with E-state index in [0.717, 1.165) is 12.8 Å². The maximum Gasteiger partial charge on any atom is 0.166 e. The molecule has 1 fully saturated rings. The smallest absolute Gasteiger partial charge is 0.166 e. The summed E-state index contributed by atoms with van der Waals surface area (Å²) in [5.74, 6) is 0.0289. The quantitative estimate of drug-likeness (QED) is 0.797. The van der Waals surface area contributed by atoms with Gasteiger partial charge in [-0.15, -0.1) is 0 Å². The zero-order valence-electron chi connectivity index (χ0n) is 11.7. The minimum atomic E-state index is -0.356. The molecule has 2 rings (SSSR count). The third-order valence-electron chi connectivity index (χ3n) is 4.05. The average molecular weight is 343 g/mol. The molecule has 110 valence electrons. The van der Waals surface area contributed by atoms with Crippen molar-refractivity contribution in [3.05, 3.63) is 34.1 Å². The van der Waals surface area contributed by atoms with Crippen molar-refractivity contribution in [2.24, 2.45) is 5.92 Å². The summed E-state index contributed by atoms with van der Waals surface area (Å²) in [4.78, 5) is 12.4. The standard InChI is InChI=1S/C16H20BrFO2/c1-20-16(11-6-3-2-4-7-11)14(19)10-12-8-5-9-13(18)15(12)17/h5,8-9,11,16H,2-4,6-7,10H2,1H3. The van der Waals surface area contributed by atoms with Gasteiger partial charge in [0.2, 0.25) is 0 Å². The van der Waals surface area contributed by atoms with Gasteiger partial charge in [0.05, 0.1) is 4.47 Å². The molecule has 1 aromatic carbocycles. The van der Waals surface area contributed by atoms with Gasteiger partial charge >= 0.3 is 0 Å². The first-order valence-corrected chi connectivity index (χ1v) is 7.91. The molecule has 1 aliphatic rings. The van der Waals surface area contributed by atoms with E-state index >= 15 is 0 Å². The van der Waals surface area contributed by atoms with Crippen LogP contribution in [0.5, 0.6) is 0 Å². The summed E-state index contributed by atoms with van der Waals surface area (Å²) >= 11 is 3.21. The minimum Gasteiger partial charge on any atom is -0.373 e. The highest BCUT2D eigenvalue weighted by molar-refractivity contribution is 9.10. The first kappa shape index (κ1) is 15.6. The number of hydrogen-bond acceptors (Lipinski definition) is 2. The number of rotatable bonds is 5. The van der Waals surface area contributed by atoms with Crippen LogP contribution in [-0.2, 0) is 16.0 Å². The molecule has 1 saturated carbocycles. The number of benzene rings is 1. The first-order chi connectivity index (χ1) is 9.63. The van der Waals surface area contributed by atoms with Crippen LogP contribution in [0.4, 0.5) is 4.39 Å². The number of carbonyl (C=O) groups excluding carboxylic acids is 1. The third-order valence-corrected chi connectivity index (χ3v) is 4.93. The number of halogens is 2. The lowest BCUT2D eigenvalue weighted by molar-refractivity contribution is -0.132. The van der Waals surface area contributed by atoms with Crippen molar-refractivity contribution in [1.82, 2.24) is 0 Å². The van der Waals surface area contributed by atoms with Crippen LogP contribution >= 0.6 is 15.9 Å². The first-order valence-electron chi connectivity index (χ1n) is 7.12. The molecule has 0 spiro atoms. The molecular formula is C16H20BrFO2. The Morgan fingerprint density at radius 3 is 2.75 bits per heavy atom. The number of carbonyl (C=O) groups is 1. The molecule has 1 unspecified atom stereocenters. The summed E-state index contributed by atoms with van der Waals surface area (Å²) < 4.78 is 19.3. The molecule has 0 bridgehead atoms. The van der Waals surface area contributed by atoms with Crippen LogP contribution < -0.4 is 0 Å². The van der Waals surface area contributed by atoms with E-state index in [9.17, 15) is 9.18 Å². The fourth-order valence-corrected chi connectivity index (χ4v) is 3.40. The molecule has 2 nitrogen and oxygen atoms in total. The molecular weight excluding hydrogens is 323 g/mol. The highest BCUT2D eigenvalue weighted by Gasteiger charge is 2.29. The Morgan fingerprint density at radius 1 is 1.40 bits per heavy atom. The van der Waals surface area contributed by atoms with Gasteiger partial charge in [0, 0.05) is 13.5 Å². The normalized spacial score (nSPS) is 17.9. The van der Waals surface area contributed by atoms with Crippen molar-refractivity contribution in [2.75, 3.05) is 7.11 Å². The van der Waals surface area contributed by atoms with E-state index in [4.69, 9.17) is 4.74 Å². The van der Waals surface area contributed by atoms with Crippen molar-refractivity contribution < 1.29 is 13.9 Å². The van der Waals surface area contributed by atoms with E-state index in [1.54, 1.807) is 19.2 Å². The summed E-state index contributed by atoms with van der Waals surface area (Å²) in [5.41, 5.74) is 0.688. The molecule has 1 aromatic rings. The van der Waals surface area contributed by atoms with Crippen LogP contribution in [-0.4, -0.2) is 19.0 Å². The molecule has 4 heteroatoms. The maximum absolute atomic E-state index is 13.5. The highest BCUT2D eigenvalue weighted by atomic mass is 79.9. The molecule has 0 amide bonds. The Bertz CT molecular complexity index is 470. The van der Waals surface area contributed by atoms with Crippen molar-refractivity contribution in [3.63, 3.8) is 0 Å². The van der Waals surface area contributed by atoms with Crippen LogP contribution in [0.25, 0.3) is 0 Å². The number of Topliss-reactive ketones (excluding diaryl/α,β-unsaturated/α-hetero) is 1. The molecule has 0 saturated heterocycles. The van der Waals surface area contributed by atoms with E-state index in [1.165, 1.54) is 25.3 Å². The Kier molecular flexibility index (Phi) is 5.73. The Morgan fingerprint density at radius 2 is 2.10 bits per heavy atom. The van der Waals surface area contributed by atoms with Crippen molar-refractivity contribution in [3.8, 4) is 0 Å². The van der Waals surface area contributed by atoms with Crippen LogP contribution in [0.15, 0.2) is 22.7 Å². The lowest BCUT2D eigenvalue weighted by atomic mass is 9.82. The Labute approximate surface area is 127 Å². The molecule has 1 atom stereocenters. The largest absolute Gasteiger partial charge is 0.373 e. The van der Waals surface area contributed by atoms with Crippen LogP contribution in [0.3, 0.4) is 0 Å². The topological polar surface area (TPSA) is 26.3 Å². The zero-order valence-corrected chi connectivity index (χ0v) is 13.3. The molecule has 0 aromatic heterocycles. The monoisotopic (exact) mass is 342 g/mol. The van der Waals surface area contributed by atoms with E-state index in [1.807, 2.05) is 0 Å². The van der Waals surface area contributed by atoms with E-state index in [0.29, 0.717) is 16.0 Å². The maximum atomic E-state index is 13.5. The molecule has 0 heterocycles. The molecule has 0 aliphatic heterocycles. The lowest BCUT2D eigenvalue weighted by Gasteiger charge is -2.28. The second-order valence-corrected chi connectivity index (χ2v) is 6.20. The average Bonchev–Trinajstić information content (AvgIpc) is 2.46. The second-order valence-electron chi connectivity index (χ2n) is 5.41. The van der Waals surface area contributed by atoms with Gasteiger partial charge in [-0.3, -0.25) is 4.79 Å². The van der Waals surface area contributed by atoms with Gasteiger partial charge < -0.3 is 4.74 Å². The van der Waals surface area contributed by atoms with Gasteiger partial charge in [0.25, 0.3) is 0 Å². The minimum absolute atomic E-state index is 0.0469. The van der Waals surface area contributed by atoms with Gasteiger partial charge in [-0.2, -0.15) is 0 Å². The van der Waals surface area contributed by atoms with Crippen molar-refractivity contribution in [1.29, 1.82) is 0 Å². The second kappa shape index (κ2) is 7.32. The van der Waals surface area contributed by atoms with Crippen molar-refractivity contribution in [2.45, 2.75) is 44.6 Å². The Balaban J connectivity index is 2.07. The fourth-order valence-electron chi connectivity index (χ4n) is 3.00. The predicted octanol–water partition coefficient (Wildman–Crippen LogP) is 4.30. The summed E-state index contributed by atoms with van der Waals surface area (Å²) in [7, 11) is 1.60. The van der Waals surface area contributed by atoms with Gasteiger partial charge in [0.1, 0.15) is 11.9 Å². The molecule has 1 aliphatic carbocycles. The van der Waals surface area contributed by atoms with Gasteiger partial charge in [-0.25, -0.2) is 4.39 Å². The molecule has 20 heavy (non-hydrogen) atoms. The van der Waals surface area contributed by atoms with E-state index in [-0.39, 0.29) is 24.1 Å². The molecule has 0 N–H and O–H groups in total. The summed E-state index contributed by atoms with van der Waals surface area (Å²) in [5, 5.41) is 0. The lowest BCUT2D eigenvalue weighted by Crippen LogP contribution is -2.34. The third kappa shape index (κ3) is 3.67.